The van der Waals surface area contributed by atoms with E-state index in [0.29, 0.717) is 0 Å². The molecule has 3 N–H and O–H groups in total. The van der Waals surface area contributed by atoms with Crippen molar-refractivity contribution in [2.24, 2.45) is 5.92 Å². The largest absolute Gasteiger partial charge is 0.481 e. The van der Waals surface area contributed by atoms with E-state index in [9.17, 15) is 18.4 Å². The molecule has 0 aliphatic carbocycles. The number of carboxylic acid groups (broad SMARTS) is 1. The number of urea groups is 1. The molecule has 21 heavy (non-hydrogen) atoms. The number of amides is 2. The van der Waals surface area contributed by atoms with Gasteiger partial charge in [0.05, 0.1) is 12.5 Å². The van der Waals surface area contributed by atoms with Crippen molar-refractivity contribution in [1.29, 1.82) is 0 Å². The van der Waals surface area contributed by atoms with Crippen molar-refractivity contribution in [2.75, 3.05) is 6.54 Å². The van der Waals surface area contributed by atoms with Crippen molar-refractivity contribution < 1.29 is 23.5 Å². The minimum Gasteiger partial charge on any atom is -0.481 e. The van der Waals surface area contributed by atoms with Crippen molar-refractivity contribution >= 4 is 12.0 Å². The smallest absolute Gasteiger partial charge is 0.315 e. The number of carboxylic acids is 1. The van der Waals surface area contributed by atoms with Crippen LogP contribution < -0.4 is 10.6 Å². The van der Waals surface area contributed by atoms with Crippen LogP contribution in [0.25, 0.3) is 0 Å². The van der Waals surface area contributed by atoms with Gasteiger partial charge < -0.3 is 15.7 Å². The van der Waals surface area contributed by atoms with E-state index in [1.54, 1.807) is 13.8 Å². The first kappa shape index (κ1) is 16.9. The average Bonchev–Trinajstić information content (AvgIpc) is 2.36. The van der Waals surface area contributed by atoms with E-state index in [1.165, 1.54) is 6.07 Å². The minimum absolute atomic E-state index is 0.0299. The minimum atomic E-state index is -1.03. The number of carbonyl (C=O) groups is 2. The maximum absolute atomic E-state index is 13.8. The zero-order chi connectivity index (χ0) is 16.0. The molecule has 1 rings (SSSR count). The first-order valence-electron chi connectivity index (χ1n) is 6.52. The quantitative estimate of drug-likeness (QED) is 0.755. The molecule has 0 bridgehead atoms. The van der Waals surface area contributed by atoms with E-state index in [1.807, 2.05) is 0 Å². The Morgan fingerprint density at radius 1 is 1.29 bits per heavy atom. The molecule has 0 spiro atoms. The van der Waals surface area contributed by atoms with Crippen molar-refractivity contribution in [3.8, 4) is 0 Å². The van der Waals surface area contributed by atoms with Gasteiger partial charge in [0.15, 0.2) is 0 Å². The molecule has 2 amide bonds. The summed E-state index contributed by atoms with van der Waals surface area (Å²) >= 11 is 0. The summed E-state index contributed by atoms with van der Waals surface area (Å²) in [5.41, 5.74) is 0.180. The van der Waals surface area contributed by atoms with Gasteiger partial charge in [0, 0.05) is 18.2 Å². The third-order valence-corrected chi connectivity index (χ3v) is 2.88. The number of nitrogens with one attached hydrogen (secondary N) is 2. The van der Waals surface area contributed by atoms with Gasteiger partial charge in [-0.3, -0.25) is 4.79 Å². The molecule has 0 fully saturated rings. The zero-order valence-corrected chi connectivity index (χ0v) is 11.8. The van der Waals surface area contributed by atoms with Crippen molar-refractivity contribution in [3.63, 3.8) is 0 Å². The topological polar surface area (TPSA) is 78.4 Å². The van der Waals surface area contributed by atoms with Crippen LogP contribution in [0.2, 0.25) is 0 Å². The highest BCUT2D eigenvalue weighted by Crippen LogP contribution is 2.24. The Labute approximate surface area is 121 Å². The molecular formula is C14H18F2N2O3. The molecule has 1 unspecified atom stereocenters. The number of halogens is 2. The van der Waals surface area contributed by atoms with E-state index in [-0.39, 0.29) is 24.4 Å². The van der Waals surface area contributed by atoms with Crippen molar-refractivity contribution in [3.05, 3.63) is 35.4 Å². The predicted molar refractivity (Wildman–Crippen MR) is 72.7 cm³/mol. The summed E-state index contributed by atoms with van der Waals surface area (Å²) in [5.74, 6) is -2.58. The van der Waals surface area contributed by atoms with E-state index < -0.39 is 29.7 Å². The second-order valence-corrected chi connectivity index (χ2v) is 4.93. The highest BCUT2D eigenvalue weighted by atomic mass is 19.1. The van der Waals surface area contributed by atoms with Gasteiger partial charge in [-0.2, -0.15) is 0 Å². The van der Waals surface area contributed by atoms with Gasteiger partial charge in [-0.05, 0) is 12.0 Å². The molecule has 0 saturated carbocycles. The first-order chi connectivity index (χ1) is 9.81. The van der Waals surface area contributed by atoms with Gasteiger partial charge in [-0.25, -0.2) is 13.6 Å². The lowest BCUT2D eigenvalue weighted by Crippen LogP contribution is -2.40. The SMILES string of the molecule is CC(C)C(NC(=O)NCCC(=O)O)c1ccc(F)cc1F. The normalized spacial score (nSPS) is 12.0. The third kappa shape index (κ3) is 5.37. The van der Waals surface area contributed by atoms with E-state index in [0.717, 1.165) is 12.1 Å². The summed E-state index contributed by atoms with van der Waals surface area (Å²) < 4.78 is 26.7. The molecule has 0 heterocycles. The number of benzene rings is 1. The molecule has 7 heteroatoms. The van der Waals surface area contributed by atoms with Gasteiger partial charge >= 0.3 is 12.0 Å². The number of hydrogen-bond acceptors (Lipinski definition) is 2. The van der Waals surface area contributed by atoms with E-state index >= 15 is 0 Å². The van der Waals surface area contributed by atoms with Crippen LogP contribution >= 0.6 is 0 Å². The summed E-state index contributed by atoms with van der Waals surface area (Å²) in [6.07, 6.45) is -0.204. The standard InChI is InChI=1S/C14H18F2N2O3/c1-8(2)13(10-4-3-9(15)7-11(10)16)18-14(21)17-6-5-12(19)20/h3-4,7-8,13H,5-6H2,1-2H3,(H,19,20)(H2,17,18,21). The van der Waals surface area contributed by atoms with Crippen LogP contribution in [0.4, 0.5) is 13.6 Å². The Morgan fingerprint density at radius 3 is 2.48 bits per heavy atom. The first-order valence-corrected chi connectivity index (χ1v) is 6.52. The molecule has 0 aliphatic heterocycles. The second-order valence-electron chi connectivity index (χ2n) is 4.93. The Hall–Kier alpha value is -2.18. The molecule has 1 aromatic carbocycles. The second kappa shape index (κ2) is 7.56. The van der Waals surface area contributed by atoms with E-state index in [2.05, 4.69) is 10.6 Å². The van der Waals surface area contributed by atoms with Crippen LogP contribution in [-0.2, 0) is 4.79 Å². The summed E-state index contributed by atoms with van der Waals surface area (Å²) in [6.45, 7) is 3.54. The maximum atomic E-state index is 13.8. The van der Waals surface area contributed by atoms with Crippen LogP contribution in [0.5, 0.6) is 0 Å². The van der Waals surface area contributed by atoms with Crippen LogP contribution in [0, 0.1) is 17.6 Å². The molecule has 1 atom stereocenters. The fourth-order valence-corrected chi connectivity index (χ4v) is 1.83. The van der Waals surface area contributed by atoms with Crippen LogP contribution in [0.15, 0.2) is 18.2 Å². The molecule has 0 radical (unpaired) electrons. The number of carbonyl (C=O) groups excluding carboxylic acids is 1. The van der Waals surface area contributed by atoms with Crippen LogP contribution in [0.3, 0.4) is 0 Å². The van der Waals surface area contributed by atoms with Gasteiger partial charge in [-0.15, -0.1) is 0 Å². The van der Waals surface area contributed by atoms with Gasteiger partial charge in [0.1, 0.15) is 11.6 Å². The number of aliphatic carboxylic acids is 1. The molecule has 5 nitrogen and oxygen atoms in total. The molecule has 0 aliphatic rings. The molecule has 1 aromatic rings. The molecular weight excluding hydrogens is 282 g/mol. The molecule has 0 aromatic heterocycles. The maximum Gasteiger partial charge on any atom is 0.315 e. The highest BCUT2D eigenvalue weighted by Gasteiger charge is 2.21. The lowest BCUT2D eigenvalue weighted by atomic mass is 9.95. The summed E-state index contributed by atoms with van der Waals surface area (Å²) in [4.78, 5) is 22.0. The Bertz CT molecular complexity index is 521. The predicted octanol–water partition coefficient (Wildman–Crippen LogP) is 2.44. The zero-order valence-electron chi connectivity index (χ0n) is 11.8. The number of hydrogen-bond donors (Lipinski definition) is 3. The van der Waals surface area contributed by atoms with Gasteiger partial charge in [-0.1, -0.05) is 19.9 Å². The monoisotopic (exact) mass is 300 g/mol. The lowest BCUT2D eigenvalue weighted by molar-refractivity contribution is -0.136. The third-order valence-electron chi connectivity index (χ3n) is 2.88. The van der Waals surface area contributed by atoms with Crippen molar-refractivity contribution in [1.82, 2.24) is 10.6 Å². The highest BCUT2D eigenvalue weighted by molar-refractivity contribution is 5.75. The van der Waals surface area contributed by atoms with Crippen molar-refractivity contribution in [2.45, 2.75) is 26.3 Å². The lowest BCUT2D eigenvalue weighted by Gasteiger charge is -2.23. The summed E-state index contributed by atoms with van der Waals surface area (Å²) in [5, 5.41) is 13.4. The fourth-order valence-electron chi connectivity index (χ4n) is 1.83. The van der Waals surface area contributed by atoms with Crippen LogP contribution in [-0.4, -0.2) is 23.7 Å². The van der Waals surface area contributed by atoms with Crippen LogP contribution in [0.1, 0.15) is 31.9 Å². The van der Waals surface area contributed by atoms with Gasteiger partial charge in [0.2, 0.25) is 0 Å². The van der Waals surface area contributed by atoms with Gasteiger partial charge in [0.25, 0.3) is 0 Å². The Kier molecular flexibility index (Phi) is 6.08. The summed E-state index contributed by atoms with van der Waals surface area (Å²) in [6, 6.07) is 1.92. The Morgan fingerprint density at radius 2 is 1.95 bits per heavy atom. The van der Waals surface area contributed by atoms with E-state index in [4.69, 9.17) is 5.11 Å². The average molecular weight is 300 g/mol. The molecule has 116 valence electrons. The number of rotatable bonds is 6. The fraction of sp³-hybridized carbons (Fsp3) is 0.429. The Balaban J connectivity index is 2.74. The molecule has 0 saturated heterocycles. The summed E-state index contributed by atoms with van der Waals surface area (Å²) in [7, 11) is 0.